The molecule has 4 nitrogen and oxygen atoms in total. The summed E-state index contributed by atoms with van der Waals surface area (Å²) in [6.45, 7) is 1.80. The van der Waals surface area contributed by atoms with E-state index < -0.39 is 0 Å². The molecule has 1 aliphatic rings. The second-order valence-corrected chi connectivity index (χ2v) is 4.89. The third kappa shape index (κ3) is 2.45. The van der Waals surface area contributed by atoms with Crippen LogP contribution in [-0.4, -0.2) is 5.91 Å². The smallest absolute Gasteiger partial charge is 0.258 e. The van der Waals surface area contributed by atoms with E-state index in [4.69, 9.17) is 5.73 Å². The van der Waals surface area contributed by atoms with Crippen molar-refractivity contribution in [3.05, 3.63) is 59.5 Å². The van der Waals surface area contributed by atoms with E-state index in [0.717, 1.165) is 11.3 Å². The molecule has 2 aromatic carbocycles. The second kappa shape index (κ2) is 4.94. The van der Waals surface area contributed by atoms with Crippen LogP contribution in [0, 0.1) is 5.82 Å². The number of fused-ring (bicyclic) bond motifs is 1. The fraction of sp³-hybridized carbons (Fsp3) is 0.0625. The van der Waals surface area contributed by atoms with E-state index >= 15 is 0 Å². The summed E-state index contributed by atoms with van der Waals surface area (Å²) < 4.78 is 12.9. The van der Waals surface area contributed by atoms with Gasteiger partial charge in [-0.25, -0.2) is 4.39 Å². The van der Waals surface area contributed by atoms with Crippen LogP contribution in [0.2, 0.25) is 0 Å². The molecule has 0 spiro atoms. The maximum Gasteiger partial charge on any atom is 0.258 e. The molecule has 0 atom stereocenters. The molecular weight excluding hydrogens is 269 g/mol. The van der Waals surface area contributed by atoms with Crippen molar-refractivity contribution in [2.24, 2.45) is 0 Å². The monoisotopic (exact) mass is 283 g/mol. The minimum atomic E-state index is -0.303. The van der Waals surface area contributed by atoms with Gasteiger partial charge in [0.15, 0.2) is 0 Å². The fourth-order valence-electron chi connectivity index (χ4n) is 2.37. The first-order valence-corrected chi connectivity index (χ1v) is 6.49. The van der Waals surface area contributed by atoms with Gasteiger partial charge < -0.3 is 16.4 Å². The van der Waals surface area contributed by atoms with Crippen molar-refractivity contribution in [2.75, 3.05) is 16.4 Å². The molecule has 4 N–H and O–H groups in total. The van der Waals surface area contributed by atoms with Gasteiger partial charge in [-0.3, -0.25) is 4.79 Å². The highest BCUT2D eigenvalue weighted by atomic mass is 19.1. The first kappa shape index (κ1) is 13.2. The summed E-state index contributed by atoms with van der Waals surface area (Å²) >= 11 is 0. The maximum absolute atomic E-state index is 12.9. The number of anilines is 3. The van der Waals surface area contributed by atoms with Crippen LogP contribution in [0.5, 0.6) is 0 Å². The number of benzene rings is 2. The summed E-state index contributed by atoms with van der Waals surface area (Å²) in [5.74, 6) is -0.481. The van der Waals surface area contributed by atoms with Crippen LogP contribution in [0.25, 0.3) is 5.57 Å². The standard InChI is InChI=1S/C16H14FN3O/c1-9(19-12-5-2-10(17)3-6-12)15-13-8-11(18)4-7-14(13)20-16(15)21/h2-8,19H,18H2,1H3,(H,20,21). The molecule has 0 fully saturated rings. The van der Waals surface area contributed by atoms with Crippen molar-refractivity contribution in [3.8, 4) is 0 Å². The molecule has 0 saturated heterocycles. The van der Waals surface area contributed by atoms with Crippen molar-refractivity contribution < 1.29 is 9.18 Å². The Bertz CT molecular complexity index is 751. The Morgan fingerprint density at radius 2 is 1.90 bits per heavy atom. The van der Waals surface area contributed by atoms with Gasteiger partial charge in [0, 0.05) is 28.3 Å². The minimum Gasteiger partial charge on any atom is -0.399 e. The second-order valence-electron chi connectivity index (χ2n) is 4.89. The summed E-state index contributed by atoms with van der Waals surface area (Å²) in [7, 11) is 0. The molecule has 0 saturated carbocycles. The lowest BCUT2D eigenvalue weighted by Crippen LogP contribution is -2.08. The number of nitrogens with one attached hydrogen (secondary N) is 2. The van der Waals surface area contributed by atoms with E-state index in [1.54, 1.807) is 37.3 Å². The molecular formula is C16H14FN3O. The fourth-order valence-corrected chi connectivity index (χ4v) is 2.37. The van der Waals surface area contributed by atoms with Gasteiger partial charge in [-0.05, 0) is 49.4 Å². The molecule has 0 aliphatic carbocycles. The average Bonchev–Trinajstić information content (AvgIpc) is 2.76. The lowest BCUT2D eigenvalue weighted by Gasteiger charge is -2.09. The zero-order valence-electron chi connectivity index (χ0n) is 11.4. The molecule has 0 unspecified atom stereocenters. The third-order valence-electron chi connectivity index (χ3n) is 3.34. The number of hydrogen-bond donors (Lipinski definition) is 3. The zero-order valence-corrected chi connectivity index (χ0v) is 11.4. The van der Waals surface area contributed by atoms with Gasteiger partial charge >= 0.3 is 0 Å². The molecule has 21 heavy (non-hydrogen) atoms. The lowest BCUT2D eigenvalue weighted by atomic mass is 10.0. The lowest BCUT2D eigenvalue weighted by molar-refractivity contribution is -0.110. The van der Waals surface area contributed by atoms with Crippen LogP contribution in [0.1, 0.15) is 12.5 Å². The van der Waals surface area contributed by atoms with Crippen LogP contribution in [-0.2, 0) is 4.79 Å². The van der Waals surface area contributed by atoms with E-state index in [0.29, 0.717) is 22.6 Å². The van der Waals surface area contributed by atoms with Crippen molar-refractivity contribution in [3.63, 3.8) is 0 Å². The summed E-state index contributed by atoms with van der Waals surface area (Å²) in [5.41, 5.74) is 9.83. The van der Waals surface area contributed by atoms with Crippen molar-refractivity contribution >= 4 is 28.5 Å². The van der Waals surface area contributed by atoms with E-state index in [1.165, 1.54) is 12.1 Å². The topological polar surface area (TPSA) is 67.2 Å². The Balaban J connectivity index is 2.00. The molecule has 106 valence electrons. The van der Waals surface area contributed by atoms with Crippen molar-refractivity contribution in [1.29, 1.82) is 0 Å². The number of hydrogen-bond acceptors (Lipinski definition) is 3. The number of rotatable bonds is 2. The SMILES string of the molecule is CC(Nc1ccc(F)cc1)=C1C(=O)Nc2ccc(N)cc21. The first-order valence-electron chi connectivity index (χ1n) is 6.49. The number of amides is 1. The van der Waals surface area contributed by atoms with E-state index in [9.17, 15) is 9.18 Å². The maximum atomic E-state index is 12.9. The number of carbonyl (C=O) groups excluding carboxylic acids is 1. The summed E-state index contributed by atoms with van der Waals surface area (Å²) in [5, 5.41) is 5.91. The highest BCUT2D eigenvalue weighted by Crippen LogP contribution is 2.35. The van der Waals surface area contributed by atoms with E-state index in [2.05, 4.69) is 10.6 Å². The predicted octanol–water partition coefficient (Wildman–Crippen LogP) is 3.20. The molecule has 0 aromatic heterocycles. The zero-order chi connectivity index (χ0) is 15.0. The largest absolute Gasteiger partial charge is 0.399 e. The molecule has 0 bridgehead atoms. The van der Waals surface area contributed by atoms with Crippen LogP contribution in [0.15, 0.2) is 48.2 Å². The highest BCUT2D eigenvalue weighted by Gasteiger charge is 2.26. The molecule has 0 radical (unpaired) electrons. The van der Waals surface area contributed by atoms with E-state index in [-0.39, 0.29) is 11.7 Å². The number of allylic oxidation sites excluding steroid dienone is 1. The Hall–Kier alpha value is -2.82. The Morgan fingerprint density at radius 3 is 2.62 bits per heavy atom. The molecule has 2 aromatic rings. The molecule has 5 heteroatoms. The minimum absolute atomic E-state index is 0.178. The van der Waals surface area contributed by atoms with Crippen molar-refractivity contribution in [1.82, 2.24) is 0 Å². The molecule has 1 amide bonds. The van der Waals surface area contributed by atoms with Crippen molar-refractivity contribution in [2.45, 2.75) is 6.92 Å². The van der Waals surface area contributed by atoms with Crippen LogP contribution < -0.4 is 16.4 Å². The summed E-state index contributed by atoms with van der Waals surface area (Å²) in [4.78, 5) is 12.1. The quantitative estimate of drug-likeness (QED) is 0.585. The molecule has 1 heterocycles. The predicted molar refractivity (Wildman–Crippen MR) is 82.1 cm³/mol. The third-order valence-corrected chi connectivity index (χ3v) is 3.34. The van der Waals surface area contributed by atoms with Crippen LogP contribution in [0.3, 0.4) is 0 Å². The van der Waals surface area contributed by atoms with Crippen LogP contribution >= 0.6 is 0 Å². The molecule has 1 aliphatic heterocycles. The van der Waals surface area contributed by atoms with Crippen LogP contribution in [0.4, 0.5) is 21.5 Å². The molecule has 3 rings (SSSR count). The number of nitrogens with two attached hydrogens (primary N) is 1. The Labute approximate surface area is 121 Å². The summed E-state index contributed by atoms with van der Waals surface area (Å²) in [6.07, 6.45) is 0. The Kier molecular flexibility index (Phi) is 3.10. The van der Waals surface area contributed by atoms with Gasteiger partial charge in [0.1, 0.15) is 5.82 Å². The number of carbonyl (C=O) groups is 1. The first-order chi connectivity index (χ1) is 10.0. The van der Waals surface area contributed by atoms with Gasteiger partial charge in [0.2, 0.25) is 0 Å². The average molecular weight is 283 g/mol. The van der Waals surface area contributed by atoms with Gasteiger partial charge in [0.05, 0.1) is 5.57 Å². The summed E-state index contributed by atoms with van der Waals surface area (Å²) in [6, 6.07) is 11.2. The normalized spacial score (nSPS) is 15.4. The highest BCUT2D eigenvalue weighted by molar-refractivity contribution is 6.32. The Morgan fingerprint density at radius 1 is 1.19 bits per heavy atom. The number of halogens is 1. The van der Waals surface area contributed by atoms with Gasteiger partial charge in [-0.2, -0.15) is 0 Å². The van der Waals surface area contributed by atoms with Gasteiger partial charge in [-0.1, -0.05) is 0 Å². The number of nitrogen functional groups attached to an aromatic ring is 1. The van der Waals surface area contributed by atoms with Gasteiger partial charge in [0.25, 0.3) is 5.91 Å². The van der Waals surface area contributed by atoms with Gasteiger partial charge in [-0.15, -0.1) is 0 Å². The van der Waals surface area contributed by atoms with E-state index in [1.807, 2.05) is 0 Å².